The number of amides is 2. The maximum atomic E-state index is 12.8. The number of alkyl halides is 5. The molecule has 8 nitrogen and oxygen atoms in total. The highest BCUT2D eigenvalue weighted by molar-refractivity contribution is 6.30. The van der Waals surface area contributed by atoms with Gasteiger partial charge in [-0.3, -0.25) is 14.9 Å². The molecule has 5 aliphatic rings. The maximum Gasteiger partial charge on any atom is 0.428 e. The van der Waals surface area contributed by atoms with E-state index >= 15 is 0 Å². The normalized spacial score (nSPS) is 42.4. The summed E-state index contributed by atoms with van der Waals surface area (Å²) in [5.41, 5.74) is -1.54. The quantitative estimate of drug-likeness (QED) is 0.388. The fourth-order valence-electron chi connectivity index (χ4n) is 5.52. The molecule has 0 spiro atoms. The highest BCUT2D eigenvalue weighted by atomic mass is 35.5. The molecule has 4 N–H and O–H groups in total. The van der Waals surface area contributed by atoms with Gasteiger partial charge in [0.2, 0.25) is 18.0 Å². The van der Waals surface area contributed by atoms with E-state index in [0.29, 0.717) is 32.1 Å². The summed E-state index contributed by atoms with van der Waals surface area (Å²) in [5, 5.41) is 18.5. The lowest BCUT2D eigenvalue weighted by Crippen LogP contribution is -2.71. The molecular weight excluding hydrogens is 502 g/mol. The summed E-state index contributed by atoms with van der Waals surface area (Å²) >= 11 is 12.3. The Bertz CT molecular complexity index is 781. The van der Waals surface area contributed by atoms with Crippen LogP contribution in [0.15, 0.2) is 0 Å². The summed E-state index contributed by atoms with van der Waals surface area (Å²) in [6.07, 6.45) is -3.77. The highest BCUT2D eigenvalue weighted by Crippen LogP contribution is 2.47. The van der Waals surface area contributed by atoms with Crippen molar-refractivity contribution in [3.05, 3.63) is 0 Å². The van der Waals surface area contributed by atoms with Gasteiger partial charge in [0.15, 0.2) is 0 Å². The molecule has 2 amide bonds. The Kier molecular flexibility index (Phi) is 7.63. The zero-order valence-electron chi connectivity index (χ0n) is 18.5. The minimum absolute atomic E-state index is 0.0994. The summed E-state index contributed by atoms with van der Waals surface area (Å²) in [7, 11) is 0. The van der Waals surface area contributed by atoms with Crippen LogP contribution in [-0.2, 0) is 19.1 Å². The summed E-state index contributed by atoms with van der Waals surface area (Å²) in [5.74, 6) is -0.919. The standard InChI is InChI=1S/C21H30Cl2F3N3O5/c22-12-2-1-11(7-13(12)23)33-10-16(31)28-20-5-3-19(4-6-20,8-15(20)30)29-17(32)14-9-34-18(27-14)21(24,25)26/h11-15,18,27,30H,1-10H2,(H,28,31)(H,29,32)/t11?,12?,13?,14?,15-,18?,19?,20?/m0/s1. The van der Waals surface area contributed by atoms with Crippen molar-refractivity contribution < 1.29 is 37.3 Å². The summed E-state index contributed by atoms with van der Waals surface area (Å²) in [4.78, 5) is 25.2. The number of ether oxygens (including phenoxy) is 2. The van der Waals surface area contributed by atoms with Crippen LogP contribution in [0.5, 0.6) is 0 Å². The Morgan fingerprint density at radius 1 is 1.12 bits per heavy atom. The molecule has 5 fully saturated rings. The van der Waals surface area contributed by atoms with Gasteiger partial charge in [0.25, 0.3) is 0 Å². The minimum Gasteiger partial charge on any atom is -0.391 e. The van der Waals surface area contributed by atoms with Gasteiger partial charge in [-0.1, -0.05) is 0 Å². The molecule has 13 heteroatoms. The van der Waals surface area contributed by atoms with E-state index in [2.05, 4.69) is 20.7 Å². The van der Waals surface area contributed by atoms with Crippen LogP contribution in [0.1, 0.15) is 51.4 Å². The van der Waals surface area contributed by atoms with Gasteiger partial charge in [-0.05, 0) is 51.4 Å². The van der Waals surface area contributed by atoms with E-state index < -0.39 is 41.5 Å². The first-order chi connectivity index (χ1) is 15.9. The van der Waals surface area contributed by atoms with Gasteiger partial charge < -0.3 is 25.2 Å². The van der Waals surface area contributed by atoms with Gasteiger partial charge in [0, 0.05) is 5.54 Å². The first kappa shape index (κ1) is 26.2. The van der Waals surface area contributed by atoms with Crippen molar-refractivity contribution in [2.45, 2.75) is 104 Å². The molecular formula is C21H30Cl2F3N3O5. The smallest absolute Gasteiger partial charge is 0.391 e. The van der Waals surface area contributed by atoms with Crippen LogP contribution < -0.4 is 16.0 Å². The Balaban J connectivity index is 1.26. The van der Waals surface area contributed by atoms with Crippen LogP contribution in [0.3, 0.4) is 0 Å². The molecule has 0 radical (unpaired) electrons. The van der Waals surface area contributed by atoms with Crippen LogP contribution in [0.4, 0.5) is 13.2 Å². The molecule has 194 valence electrons. The SMILES string of the molecule is O=C(COC1CCC(Cl)C(Cl)C1)NC12CCC(NC(=O)C3COC(C(F)(F)F)N3)(CC1)C[C@@H]2O. The van der Waals surface area contributed by atoms with Crippen molar-refractivity contribution in [1.29, 1.82) is 0 Å². The lowest BCUT2D eigenvalue weighted by atomic mass is 9.60. The summed E-state index contributed by atoms with van der Waals surface area (Å²) < 4.78 is 48.7. The molecule has 0 aromatic heterocycles. The maximum absolute atomic E-state index is 12.8. The number of aliphatic hydroxyl groups is 1. The largest absolute Gasteiger partial charge is 0.428 e. The number of nitrogens with one attached hydrogen (secondary N) is 3. The zero-order valence-corrected chi connectivity index (χ0v) is 20.0. The molecule has 2 bridgehead atoms. The molecule has 1 aliphatic heterocycles. The van der Waals surface area contributed by atoms with Crippen molar-refractivity contribution in [1.82, 2.24) is 16.0 Å². The van der Waals surface area contributed by atoms with Crippen molar-refractivity contribution in [3.63, 3.8) is 0 Å². The average Bonchev–Trinajstić information content (AvgIpc) is 3.27. The van der Waals surface area contributed by atoms with Crippen LogP contribution in [-0.4, -0.2) is 82.6 Å². The second-order valence-corrected chi connectivity index (χ2v) is 11.1. The van der Waals surface area contributed by atoms with Crippen molar-refractivity contribution in [2.24, 2.45) is 0 Å². The van der Waals surface area contributed by atoms with Gasteiger partial charge in [-0.25, -0.2) is 0 Å². The number of fused-ring (bicyclic) bond motifs is 3. The predicted octanol–water partition coefficient (Wildman–Crippen LogP) is 1.70. The zero-order chi connectivity index (χ0) is 24.7. The van der Waals surface area contributed by atoms with E-state index in [1.807, 2.05) is 0 Å². The molecule has 0 aromatic carbocycles. The number of hydrogen-bond acceptors (Lipinski definition) is 6. The van der Waals surface area contributed by atoms with Gasteiger partial charge >= 0.3 is 6.18 Å². The molecule has 4 saturated carbocycles. The van der Waals surface area contributed by atoms with Crippen molar-refractivity contribution >= 4 is 35.0 Å². The number of aliphatic hydroxyl groups excluding tert-OH is 1. The van der Waals surface area contributed by atoms with E-state index in [1.54, 1.807) is 0 Å². The topological polar surface area (TPSA) is 109 Å². The summed E-state index contributed by atoms with van der Waals surface area (Å²) in [6.45, 7) is -0.531. The lowest BCUT2D eigenvalue weighted by Gasteiger charge is -2.56. The Morgan fingerprint density at radius 3 is 2.41 bits per heavy atom. The van der Waals surface area contributed by atoms with Crippen LogP contribution >= 0.6 is 23.2 Å². The van der Waals surface area contributed by atoms with E-state index in [-0.39, 0.29) is 42.4 Å². The Hall–Kier alpha value is -0.850. The van der Waals surface area contributed by atoms with Crippen molar-refractivity contribution in [3.8, 4) is 0 Å². The molecule has 1 saturated heterocycles. The van der Waals surface area contributed by atoms with Gasteiger partial charge in [0.1, 0.15) is 12.6 Å². The highest BCUT2D eigenvalue weighted by Gasteiger charge is 2.56. The average molecular weight is 532 g/mol. The molecule has 0 aromatic rings. The fourth-order valence-corrected chi connectivity index (χ4v) is 6.08. The van der Waals surface area contributed by atoms with Gasteiger partial charge in [0.05, 0.1) is 35.1 Å². The third-order valence-corrected chi connectivity index (χ3v) is 8.72. The molecule has 6 atom stereocenters. The summed E-state index contributed by atoms with van der Waals surface area (Å²) in [6, 6.07) is -1.12. The Morgan fingerprint density at radius 2 is 1.82 bits per heavy atom. The minimum atomic E-state index is -4.60. The van der Waals surface area contributed by atoms with E-state index in [0.717, 1.165) is 12.8 Å². The van der Waals surface area contributed by atoms with E-state index in [9.17, 15) is 27.9 Å². The predicted molar refractivity (Wildman–Crippen MR) is 116 cm³/mol. The van der Waals surface area contributed by atoms with Gasteiger partial charge in [-0.15, -0.1) is 23.2 Å². The second-order valence-electron chi connectivity index (χ2n) is 9.95. The number of rotatable bonds is 6. The number of carbonyl (C=O) groups is 2. The third kappa shape index (κ3) is 5.59. The number of halogens is 5. The monoisotopic (exact) mass is 531 g/mol. The van der Waals surface area contributed by atoms with E-state index in [1.165, 1.54) is 0 Å². The third-order valence-electron chi connectivity index (χ3n) is 7.59. The van der Waals surface area contributed by atoms with Gasteiger partial charge in [-0.2, -0.15) is 13.2 Å². The molecule has 4 aliphatic carbocycles. The number of hydrogen-bond donors (Lipinski definition) is 4. The van der Waals surface area contributed by atoms with E-state index in [4.69, 9.17) is 27.9 Å². The molecule has 34 heavy (non-hydrogen) atoms. The second kappa shape index (κ2) is 9.89. The van der Waals surface area contributed by atoms with Crippen LogP contribution in [0.2, 0.25) is 0 Å². The van der Waals surface area contributed by atoms with Crippen LogP contribution in [0, 0.1) is 0 Å². The van der Waals surface area contributed by atoms with Crippen molar-refractivity contribution in [2.75, 3.05) is 13.2 Å². The first-order valence-electron chi connectivity index (χ1n) is 11.6. The molecule has 5 rings (SSSR count). The lowest BCUT2D eigenvalue weighted by molar-refractivity contribution is -0.212. The fraction of sp³-hybridized carbons (Fsp3) is 0.905. The Labute approximate surface area is 205 Å². The molecule has 5 unspecified atom stereocenters. The number of carbonyl (C=O) groups excluding carboxylic acids is 2. The first-order valence-corrected chi connectivity index (χ1v) is 12.4. The van der Waals surface area contributed by atoms with Crippen LogP contribution in [0.25, 0.3) is 0 Å². The molecule has 1 heterocycles.